The Morgan fingerprint density at radius 2 is 2.12 bits per heavy atom. The fraction of sp³-hybridized carbons (Fsp3) is 0.500. The quantitative estimate of drug-likeness (QED) is 0.808. The lowest BCUT2D eigenvalue weighted by Gasteiger charge is -2.20. The molecule has 1 N–H and O–H groups in total. The van der Waals surface area contributed by atoms with Crippen LogP contribution < -0.4 is 5.32 Å². The van der Waals surface area contributed by atoms with E-state index in [2.05, 4.69) is 10.3 Å². The Kier molecular flexibility index (Phi) is 4.92. The summed E-state index contributed by atoms with van der Waals surface area (Å²) in [7, 11) is 1.81. The number of hydrogen-bond acceptors (Lipinski definition) is 3. The van der Waals surface area contributed by atoms with Crippen LogP contribution in [0.1, 0.15) is 19.4 Å². The summed E-state index contributed by atoms with van der Waals surface area (Å²) >= 11 is 0. The first-order chi connectivity index (χ1) is 7.65. The normalized spacial score (nSPS) is 12.2. The molecule has 0 bridgehead atoms. The van der Waals surface area contributed by atoms with Gasteiger partial charge in [-0.15, -0.1) is 0 Å². The van der Waals surface area contributed by atoms with Gasteiger partial charge in [0, 0.05) is 32.5 Å². The largest absolute Gasteiger partial charge is 0.345 e. The minimum atomic E-state index is -0.155. The number of carbonyl (C=O) groups is 1. The third-order valence-corrected chi connectivity index (χ3v) is 2.58. The fourth-order valence-corrected chi connectivity index (χ4v) is 1.35. The molecule has 1 aromatic heterocycles. The van der Waals surface area contributed by atoms with E-state index >= 15 is 0 Å². The number of amides is 1. The second-order valence-electron chi connectivity index (χ2n) is 3.81. The van der Waals surface area contributed by atoms with E-state index in [-0.39, 0.29) is 11.9 Å². The molecule has 0 saturated heterocycles. The average Bonchev–Trinajstić information content (AvgIpc) is 2.35. The number of rotatable bonds is 5. The van der Waals surface area contributed by atoms with Crippen LogP contribution in [0.5, 0.6) is 0 Å². The van der Waals surface area contributed by atoms with E-state index in [4.69, 9.17) is 0 Å². The zero-order valence-electron chi connectivity index (χ0n) is 10.1. The molecule has 1 unspecified atom stereocenters. The van der Waals surface area contributed by atoms with Crippen LogP contribution in [0.2, 0.25) is 0 Å². The molecule has 0 spiro atoms. The van der Waals surface area contributed by atoms with Gasteiger partial charge in [-0.2, -0.15) is 0 Å². The van der Waals surface area contributed by atoms with Gasteiger partial charge >= 0.3 is 0 Å². The van der Waals surface area contributed by atoms with E-state index in [9.17, 15) is 4.79 Å². The highest BCUT2D eigenvalue weighted by Crippen LogP contribution is 1.98. The lowest BCUT2D eigenvalue weighted by Crippen LogP contribution is -2.42. The van der Waals surface area contributed by atoms with Crippen LogP contribution in [0.25, 0.3) is 0 Å². The monoisotopic (exact) mass is 221 g/mol. The summed E-state index contributed by atoms with van der Waals surface area (Å²) in [5, 5.41) is 3.19. The zero-order valence-corrected chi connectivity index (χ0v) is 10.1. The SMILES string of the molecule is CCN(C)C(=O)C(C)NCc1ccncc1. The number of aromatic nitrogens is 1. The van der Waals surface area contributed by atoms with Crippen molar-refractivity contribution < 1.29 is 4.79 Å². The topological polar surface area (TPSA) is 45.2 Å². The molecular weight excluding hydrogens is 202 g/mol. The van der Waals surface area contributed by atoms with Gasteiger partial charge in [0.25, 0.3) is 0 Å². The van der Waals surface area contributed by atoms with Crippen molar-refractivity contribution >= 4 is 5.91 Å². The minimum absolute atomic E-state index is 0.122. The zero-order chi connectivity index (χ0) is 12.0. The molecule has 0 aliphatic heterocycles. The minimum Gasteiger partial charge on any atom is -0.345 e. The molecule has 0 fully saturated rings. The van der Waals surface area contributed by atoms with Crippen molar-refractivity contribution in [1.29, 1.82) is 0 Å². The number of hydrogen-bond donors (Lipinski definition) is 1. The lowest BCUT2D eigenvalue weighted by molar-refractivity contribution is -0.131. The summed E-state index contributed by atoms with van der Waals surface area (Å²) in [5.41, 5.74) is 1.13. The van der Waals surface area contributed by atoms with Crippen molar-refractivity contribution in [3.63, 3.8) is 0 Å². The first kappa shape index (κ1) is 12.6. The molecule has 88 valence electrons. The molecule has 0 aliphatic carbocycles. The number of nitrogens with zero attached hydrogens (tertiary/aromatic N) is 2. The van der Waals surface area contributed by atoms with Gasteiger partial charge < -0.3 is 10.2 Å². The molecule has 1 amide bonds. The molecule has 4 nitrogen and oxygen atoms in total. The second kappa shape index (κ2) is 6.23. The third kappa shape index (κ3) is 3.62. The second-order valence-corrected chi connectivity index (χ2v) is 3.81. The molecule has 16 heavy (non-hydrogen) atoms. The van der Waals surface area contributed by atoms with Gasteiger partial charge in [0.05, 0.1) is 6.04 Å². The smallest absolute Gasteiger partial charge is 0.239 e. The van der Waals surface area contributed by atoms with E-state index in [0.29, 0.717) is 6.54 Å². The van der Waals surface area contributed by atoms with Crippen molar-refractivity contribution in [2.45, 2.75) is 26.4 Å². The number of carbonyl (C=O) groups excluding carboxylic acids is 1. The van der Waals surface area contributed by atoms with E-state index in [1.807, 2.05) is 33.0 Å². The van der Waals surface area contributed by atoms with Gasteiger partial charge in [0.15, 0.2) is 0 Å². The predicted octanol–water partition coefficient (Wildman–Crippen LogP) is 1.04. The van der Waals surface area contributed by atoms with Crippen molar-refractivity contribution in [3.8, 4) is 0 Å². The van der Waals surface area contributed by atoms with Gasteiger partial charge in [-0.3, -0.25) is 9.78 Å². The van der Waals surface area contributed by atoms with Gasteiger partial charge in [0.1, 0.15) is 0 Å². The molecule has 0 aliphatic rings. The van der Waals surface area contributed by atoms with Crippen molar-refractivity contribution in [2.24, 2.45) is 0 Å². The van der Waals surface area contributed by atoms with Gasteiger partial charge in [0.2, 0.25) is 5.91 Å². The summed E-state index contributed by atoms with van der Waals surface area (Å²) in [4.78, 5) is 17.4. The van der Waals surface area contributed by atoms with Crippen LogP contribution in [0.3, 0.4) is 0 Å². The number of likely N-dealkylation sites (N-methyl/N-ethyl adjacent to an activating group) is 1. The van der Waals surface area contributed by atoms with Crippen LogP contribution in [0.15, 0.2) is 24.5 Å². The predicted molar refractivity (Wildman–Crippen MR) is 63.8 cm³/mol. The van der Waals surface area contributed by atoms with Crippen LogP contribution >= 0.6 is 0 Å². The van der Waals surface area contributed by atoms with Gasteiger partial charge in [-0.05, 0) is 31.5 Å². The number of pyridine rings is 1. The molecule has 1 rings (SSSR count). The summed E-state index contributed by atoms with van der Waals surface area (Å²) in [6, 6.07) is 3.72. The Morgan fingerprint density at radius 3 is 2.69 bits per heavy atom. The van der Waals surface area contributed by atoms with E-state index < -0.39 is 0 Å². The van der Waals surface area contributed by atoms with Crippen molar-refractivity contribution in [2.75, 3.05) is 13.6 Å². The Balaban J connectivity index is 2.41. The molecule has 0 saturated carbocycles. The summed E-state index contributed by atoms with van der Waals surface area (Å²) < 4.78 is 0. The summed E-state index contributed by atoms with van der Waals surface area (Å²) in [6.07, 6.45) is 3.50. The Labute approximate surface area is 96.7 Å². The van der Waals surface area contributed by atoms with E-state index in [0.717, 1.165) is 12.1 Å². The highest BCUT2D eigenvalue weighted by molar-refractivity contribution is 5.81. The maximum absolute atomic E-state index is 11.7. The summed E-state index contributed by atoms with van der Waals surface area (Å²) in [5.74, 6) is 0.122. The lowest BCUT2D eigenvalue weighted by atomic mass is 10.2. The Morgan fingerprint density at radius 1 is 1.50 bits per heavy atom. The first-order valence-electron chi connectivity index (χ1n) is 5.52. The van der Waals surface area contributed by atoms with Gasteiger partial charge in [-0.1, -0.05) is 0 Å². The van der Waals surface area contributed by atoms with Crippen LogP contribution in [-0.2, 0) is 11.3 Å². The van der Waals surface area contributed by atoms with Gasteiger partial charge in [-0.25, -0.2) is 0 Å². The number of nitrogens with one attached hydrogen (secondary N) is 1. The molecule has 1 aromatic rings. The molecular formula is C12H19N3O. The molecule has 1 heterocycles. The molecule has 0 aromatic carbocycles. The van der Waals surface area contributed by atoms with E-state index in [1.165, 1.54) is 0 Å². The molecule has 4 heteroatoms. The fourth-order valence-electron chi connectivity index (χ4n) is 1.35. The highest BCUT2D eigenvalue weighted by atomic mass is 16.2. The Bertz CT molecular complexity index is 326. The average molecular weight is 221 g/mol. The molecule has 0 radical (unpaired) electrons. The van der Waals surface area contributed by atoms with Crippen molar-refractivity contribution in [1.82, 2.24) is 15.2 Å². The standard InChI is InChI=1S/C12H19N3O/c1-4-15(3)12(16)10(2)14-9-11-5-7-13-8-6-11/h5-8,10,14H,4,9H2,1-3H3. The maximum Gasteiger partial charge on any atom is 0.239 e. The summed E-state index contributed by atoms with van der Waals surface area (Å²) in [6.45, 7) is 5.27. The van der Waals surface area contributed by atoms with Crippen LogP contribution in [0.4, 0.5) is 0 Å². The third-order valence-electron chi connectivity index (χ3n) is 2.58. The highest BCUT2D eigenvalue weighted by Gasteiger charge is 2.15. The molecule has 1 atom stereocenters. The maximum atomic E-state index is 11.7. The first-order valence-corrected chi connectivity index (χ1v) is 5.52. The van der Waals surface area contributed by atoms with Crippen molar-refractivity contribution in [3.05, 3.63) is 30.1 Å². The van der Waals surface area contributed by atoms with Crippen LogP contribution in [0, 0.1) is 0 Å². The van der Waals surface area contributed by atoms with E-state index in [1.54, 1.807) is 17.3 Å². The van der Waals surface area contributed by atoms with Crippen LogP contribution in [-0.4, -0.2) is 35.4 Å². The Hall–Kier alpha value is -1.42.